The summed E-state index contributed by atoms with van der Waals surface area (Å²) in [5.41, 5.74) is 2.93. The summed E-state index contributed by atoms with van der Waals surface area (Å²) in [6, 6.07) is 22.2. The van der Waals surface area contributed by atoms with E-state index < -0.39 is 5.54 Å². The molecule has 0 saturated heterocycles. The summed E-state index contributed by atoms with van der Waals surface area (Å²) in [6.45, 7) is 4.60. The van der Waals surface area contributed by atoms with Gasteiger partial charge >= 0.3 is 0 Å². The van der Waals surface area contributed by atoms with Crippen molar-refractivity contribution in [1.29, 1.82) is 0 Å². The Balaban J connectivity index is 1.58. The summed E-state index contributed by atoms with van der Waals surface area (Å²) in [5, 5.41) is 3.44. The highest BCUT2D eigenvalue weighted by atomic mass is 35.5. The van der Waals surface area contributed by atoms with Gasteiger partial charge in [0.2, 0.25) is 5.91 Å². The number of carbonyl (C=O) groups excluding carboxylic acids is 2. The lowest BCUT2D eigenvalue weighted by molar-refractivity contribution is -0.125. The summed E-state index contributed by atoms with van der Waals surface area (Å²) < 4.78 is 0. The van der Waals surface area contributed by atoms with E-state index in [2.05, 4.69) is 36.5 Å². The molecule has 1 heterocycles. The van der Waals surface area contributed by atoms with Gasteiger partial charge in [-0.25, -0.2) is 0 Å². The minimum atomic E-state index is -0.766. The monoisotopic (exact) mass is 444 g/mol. The molecule has 0 spiro atoms. The van der Waals surface area contributed by atoms with Gasteiger partial charge in [-0.3, -0.25) is 9.59 Å². The first-order valence-electron chi connectivity index (χ1n) is 10.6. The largest absolute Gasteiger partial charge is 0.359 e. The van der Waals surface area contributed by atoms with Crippen molar-refractivity contribution in [2.75, 3.05) is 5.32 Å². The average molecular weight is 445 g/mol. The van der Waals surface area contributed by atoms with E-state index in [-0.39, 0.29) is 11.7 Å². The molecular weight excluding hydrogens is 420 g/mol. The minimum Gasteiger partial charge on any atom is -0.359 e. The molecule has 5 heteroatoms. The van der Waals surface area contributed by atoms with Crippen LogP contribution in [0, 0.1) is 6.92 Å². The van der Waals surface area contributed by atoms with Crippen LogP contribution in [0.15, 0.2) is 85.1 Å². The minimum absolute atomic E-state index is 0.168. The first-order valence-corrected chi connectivity index (χ1v) is 10.9. The van der Waals surface area contributed by atoms with E-state index >= 15 is 0 Å². The zero-order valence-electron chi connectivity index (χ0n) is 18.1. The van der Waals surface area contributed by atoms with Crippen LogP contribution in [0.1, 0.15) is 40.4 Å². The number of rotatable bonds is 6. The zero-order valence-corrected chi connectivity index (χ0v) is 18.9. The first kappa shape index (κ1) is 21.8. The molecule has 0 aliphatic carbocycles. The van der Waals surface area contributed by atoms with Crippen molar-refractivity contribution >= 4 is 29.0 Å². The van der Waals surface area contributed by atoms with Crippen molar-refractivity contribution < 1.29 is 9.59 Å². The molecule has 0 radical (unpaired) electrons. The van der Waals surface area contributed by atoms with E-state index in [0.717, 1.165) is 5.56 Å². The fourth-order valence-corrected chi connectivity index (χ4v) is 4.02. The maximum absolute atomic E-state index is 13.5. The highest BCUT2D eigenvalue weighted by Crippen LogP contribution is 2.32. The number of aryl methyl sites for hydroxylation is 1. The van der Waals surface area contributed by atoms with Gasteiger partial charge in [0.05, 0.1) is 5.69 Å². The fraction of sp³-hybridized carbons (Fsp3) is 0.185. The predicted molar refractivity (Wildman–Crippen MR) is 129 cm³/mol. The predicted octanol–water partition coefficient (Wildman–Crippen LogP) is 6.00. The van der Waals surface area contributed by atoms with Crippen LogP contribution in [0.4, 0.5) is 5.69 Å². The molecule has 3 aromatic carbocycles. The van der Waals surface area contributed by atoms with Crippen LogP contribution in [-0.2, 0) is 11.3 Å². The zero-order chi connectivity index (χ0) is 22.7. The second-order valence-corrected chi connectivity index (χ2v) is 8.75. The number of nitrogens with zero attached hydrogens (tertiary/aromatic N) is 1. The fourth-order valence-electron chi connectivity index (χ4n) is 3.85. The van der Waals surface area contributed by atoms with Gasteiger partial charge in [-0.1, -0.05) is 77.8 Å². The van der Waals surface area contributed by atoms with Gasteiger partial charge < -0.3 is 10.2 Å². The van der Waals surface area contributed by atoms with E-state index in [1.807, 2.05) is 42.3 Å². The molecule has 0 unspecified atom stereocenters. The Morgan fingerprint density at radius 3 is 2.47 bits per heavy atom. The molecule has 0 saturated carbocycles. The lowest BCUT2D eigenvalue weighted by Crippen LogP contribution is -2.49. The molecule has 0 fully saturated rings. The van der Waals surface area contributed by atoms with Gasteiger partial charge in [0.15, 0.2) is 5.78 Å². The van der Waals surface area contributed by atoms with Gasteiger partial charge in [0.25, 0.3) is 0 Å². The van der Waals surface area contributed by atoms with E-state index in [1.165, 1.54) is 5.56 Å². The lowest BCUT2D eigenvalue weighted by atomic mass is 9.95. The Bertz CT molecular complexity index is 1170. The Labute approximate surface area is 193 Å². The van der Waals surface area contributed by atoms with E-state index in [4.69, 9.17) is 11.6 Å². The quantitative estimate of drug-likeness (QED) is 0.474. The number of amides is 1. The second kappa shape index (κ2) is 9.01. The Morgan fingerprint density at radius 1 is 1.03 bits per heavy atom. The van der Waals surface area contributed by atoms with Crippen LogP contribution in [0.5, 0.6) is 0 Å². The number of carbonyl (C=O) groups is 2. The van der Waals surface area contributed by atoms with Gasteiger partial charge in [0.1, 0.15) is 5.54 Å². The summed E-state index contributed by atoms with van der Waals surface area (Å²) in [6.07, 6.45) is 4.56. The molecule has 1 atom stereocenters. The SMILES string of the molecule is Cc1ccc(CN2C=CC[C@]2(C)C(=O)Nc2ccc(Cl)cc2C(=O)c2ccccc2)cc1. The highest BCUT2D eigenvalue weighted by molar-refractivity contribution is 6.31. The molecule has 4 nitrogen and oxygen atoms in total. The van der Waals surface area contributed by atoms with Crippen LogP contribution in [0.3, 0.4) is 0 Å². The number of nitrogens with one attached hydrogen (secondary N) is 1. The van der Waals surface area contributed by atoms with E-state index in [9.17, 15) is 9.59 Å². The van der Waals surface area contributed by atoms with E-state index in [0.29, 0.717) is 34.8 Å². The maximum atomic E-state index is 13.5. The Morgan fingerprint density at radius 2 is 1.75 bits per heavy atom. The van der Waals surface area contributed by atoms with E-state index in [1.54, 1.807) is 30.3 Å². The number of halogens is 1. The van der Waals surface area contributed by atoms with Crippen molar-refractivity contribution in [3.8, 4) is 0 Å². The van der Waals surface area contributed by atoms with Crippen molar-refractivity contribution in [3.63, 3.8) is 0 Å². The van der Waals surface area contributed by atoms with Gasteiger partial charge in [0, 0.05) is 22.7 Å². The van der Waals surface area contributed by atoms with Crippen LogP contribution < -0.4 is 5.32 Å². The van der Waals surface area contributed by atoms with Gasteiger partial charge in [-0.05, 0) is 50.2 Å². The van der Waals surface area contributed by atoms with Crippen molar-refractivity contribution in [2.24, 2.45) is 0 Å². The number of hydrogen-bond donors (Lipinski definition) is 1. The summed E-state index contributed by atoms with van der Waals surface area (Å²) in [5.74, 6) is -0.353. The van der Waals surface area contributed by atoms with Crippen LogP contribution in [0.2, 0.25) is 5.02 Å². The van der Waals surface area contributed by atoms with Crippen LogP contribution >= 0.6 is 11.6 Å². The second-order valence-electron chi connectivity index (χ2n) is 8.32. The molecule has 1 N–H and O–H groups in total. The molecule has 1 aliphatic rings. The van der Waals surface area contributed by atoms with Gasteiger partial charge in [-0.2, -0.15) is 0 Å². The standard InChI is InChI=1S/C27H25ClN2O2/c1-19-9-11-20(12-10-19)18-30-16-6-15-27(30,2)26(32)29-24-14-13-22(28)17-23(24)25(31)21-7-4-3-5-8-21/h3-14,16-17H,15,18H2,1-2H3,(H,29,32)/t27-/m1/s1. The summed E-state index contributed by atoms with van der Waals surface area (Å²) in [4.78, 5) is 28.6. The Hall–Kier alpha value is -3.37. The van der Waals surface area contributed by atoms with Gasteiger partial charge in [-0.15, -0.1) is 0 Å². The third kappa shape index (κ3) is 4.46. The average Bonchev–Trinajstić information content (AvgIpc) is 3.18. The lowest BCUT2D eigenvalue weighted by Gasteiger charge is -2.35. The molecular formula is C27H25ClN2O2. The summed E-state index contributed by atoms with van der Waals surface area (Å²) in [7, 11) is 0. The third-order valence-corrected chi connectivity index (χ3v) is 6.14. The summed E-state index contributed by atoms with van der Waals surface area (Å²) >= 11 is 6.18. The number of benzene rings is 3. The van der Waals surface area contributed by atoms with Crippen LogP contribution in [-0.4, -0.2) is 22.1 Å². The molecule has 1 amide bonds. The first-order chi connectivity index (χ1) is 15.4. The molecule has 3 aromatic rings. The van der Waals surface area contributed by atoms with Crippen molar-refractivity contribution in [1.82, 2.24) is 4.90 Å². The number of ketones is 1. The molecule has 0 aromatic heterocycles. The van der Waals surface area contributed by atoms with Crippen molar-refractivity contribution in [3.05, 3.63) is 112 Å². The normalized spacial score (nSPS) is 17.4. The number of anilines is 1. The topological polar surface area (TPSA) is 49.4 Å². The molecule has 0 bridgehead atoms. The van der Waals surface area contributed by atoms with Crippen molar-refractivity contribution in [2.45, 2.75) is 32.4 Å². The molecule has 1 aliphatic heterocycles. The van der Waals surface area contributed by atoms with Crippen LogP contribution in [0.25, 0.3) is 0 Å². The third-order valence-electron chi connectivity index (χ3n) is 5.91. The molecule has 4 rings (SSSR count). The Kier molecular flexibility index (Phi) is 6.15. The highest BCUT2D eigenvalue weighted by Gasteiger charge is 2.40. The smallest absolute Gasteiger partial charge is 0.250 e. The molecule has 32 heavy (non-hydrogen) atoms. The molecule has 162 valence electrons. The number of hydrogen-bond acceptors (Lipinski definition) is 3. The maximum Gasteiger partial charge on any atom is 0.250 e.